The standard InChI is InChI=1S/C13H20F2O8S/c14-13(15,24(17,18)19)11(16)21-7-6-20-8-10-9-22-12(23-10)4-2-1-3-5-12/h10H,1-9H2,(H,17,18,19). The van der Waals surface area contributed by atoms with Crippen LogP contribution in [0.1, 0.15) is 32.1 Å². The molecule has 2 aliphatic rings. The van der Waals surface area contributed by atoms with E-state index in [1.807, 2.05) is 0 Å². The number of carbonyl (C=O) groups excluding carboxylic acids is 1. The molecule has 0 aromatic carbocycles. The molecule has 0 radical (unpaired) electrons. The summed E-state index contributed by atoms with van der Waals surface area (Å²) in [6.07, 6.45) is 4.57. The molecular weight excluding hydrogens is 354 g/mol. The second-order valence-electron chi connectivity index (χ2n) is 5.72. The van der Waals surface area contributed by atoms with Crippen LogP contribution in [0.25, 0.3) is 0 Å². The molecule has 0 aromatic heterocycles. The zero-order valence-electron chi connectivity index (χ0n) is 12.9. The number of hydrogen-bond donors (Lipinski definition) is 1. The monoisotopic (exact) mass is 374 g/mol. The van der Waals surface area contributed by atoms with Gasteiger partial charge in [0.2, 0.25) is 0 Å². The summed E-state index contributed by atoms with van der Waals surface area (Å²) in [4.78, 5) is 10.9. The fourth-order valence-corrected chi connectivity index (χ4v) is 2.92. The topological polar surface area (TPSA) is 108 Å². The summed E-state index contributed by atoms with van der Waals surface area (Å²) < 4.78 is 75.5. The van der Waals surface area contributed by atoms with Gasteiger partial charge >= 0.3 is 21.3 Å². The predicted molar refractivity (Wildman–Crippen MR) is 74.9 cm³/mol. The van der Waals surface area contributed by atoms with Crippen molar-refractivity contribution in [3.63, 3.8) is 0 Å². The molecule has 1 atom stereocenters. The Morgan fingerprint density at radius 2 is 1.92 bits per heavy atom. The van der Waals surface area contributed by atoms with Crippen LogP contribution in [0.4, 0.5) is 8.78 Å². The molecule has 1 aliphatic heterocycles. The van der Waals surface area contributed by atoms with Crippen LogP contribution < -0.4 is 0 Å². The second kappa shape index (κ2) is 7.56. The van der Waals surface area contributed by atoms with Gasteiger partial charge < -0.3 is 18.9 Å². The average Bonchev–Trinajstić information content (AvgIpc) is 2.89. The molecule has 2 rings (SSSR count). The summed E-state index contributed by atoms with van der Waals surface area (Å²) in [7, 11) is -5.86. The highest BCUT2D eigenvalue weighted by Gasteiger charge is 2.54. The minimum atomic E-state index is -5.86. The van der Waals surface area contributed by atoms with Crippen molar-refractivity contribution < 1.29 is 45.5 Å². The van der Waals surface area contributed by atoms with E-state index in [9.17, 15) is 22.0 Å². The molecule has 24 heavy (non-hydrogen) atoms. The molecule has 0 amide bonds. The minimum absolute atomic E-state index is 0.133. The summed E-state index contributed by atoms with van der Waals surface area (Å²) in [5.41, 5.74) is 0. The Labute approximate surface area is 138 Å². The van der Waals surface area contributed by atoms with E-state index in [1.165, 1.54) is 0 Å². The normalized spacial score (nSPS) is 24.2. The van der Waals surface area contributed by atoms with Gasteiger partial charge in [0, 0.05) is 12.8 Å². The molecule has 1 N–H and O–H groups in total. The molecule has 1 saturated carbocycles. The van der Waals surface area contributed by atoms with Crippen LogP contribution in [-0.4, -0.2) is 62.5 Å². The first-order chi connectivity index (χ1) is 11.2. The maximum atomic E-state index is 12.9. The van der Waals surface area contributed by atoms with Gasteiger partial charge in [-0.05, 0) is 12.8 Å². The molecule has 1 unspecified atom stereocenters. The summed E-state index contributed by atoms with van der Waals surface area (Å²) in [6.45, 7) is -0.308. The van der Waals surface area contributed by atoms with Gasteiger partial charge in [-0.2, -0.15) is 17.2 Å². The van der Waals surface area contributed by atoms with E-state index in [1.54, 1.807) is 0 Å². The molecule has 140 valence electrons. The zero-order valence-corrected chi connectivity index (χ0v) is 13.7. The lowest BCUT2D eigenvalue weighted by Gasteiger charge is -2.31. The smallest absolute Gasteiger partial charge is 0.458 e. The first-order valence-electron chi connectivity index (χ1n) is 7.58. The van der Waals surface area contributed by atoms with E-state index in [-0.39, 0.29) is 19.3 Å². The predicted octanol–water partition coefficient (Wildman–Crippen LogP) is 1.10. The molecule has 8 nitrogen and oxygen atoms in total. The van der Waals surface area contributed by atoms with Crippen molar-refractivity contribution in [3.05, 3.63) is 0 Å². The number of hydrogen-bond acceptors (Lipinski definition) is 7. The number of rotatable bonds is 7. The molecule has 0 aromatic rings. The van der Waals surface area contributed by atoms with Crippen LogP contribution in [-0.2, 0) is 33.9 Å². The van der Waals surface area contributed by atoms with Crippen LogP contribution >= 0.6 is 0 Å². The van der Waals surface area contributed by atoms with Gasteiger partial charge in [0.15, 0.2) is 5.79 Å². The Morgan fingerprint density at radius 3 is 2.54 bits per heavy atom. The molecule has 2 fully saturated rings. The molecule has 0 bridgehead atoms. The minimum Gasteiger partial charge on any atom is -0.458 e. The first kappa shape index (κ1) is 19.4. The largest absolute Gasteiger partial charge is 0.465 e. The average molecular weight is 374 g/mol. The second-order valence-corrected chi connectivity index (χ2v) is 7.19. The molecule has 1 heterocycles. The Hall–Kier alpha value is -0.880. The van der Waals surface area contributed by atoms with Crippen molar-refractivity contribution in [2.75, 3.05) is 26.4 Å². The molecule has 11 heteroatoms. The Kier molecular flexibility index (Phi) is 6.13. The van der Waals surface area contributed by atoms with Gasteiger partial charge in [0.05, 0.1) is 19.8 Å². The van der Waals surface area contributed by atoms with Crippen LogP contribution in [0, 0.1) is 0 Å². The summed E-state index contributed by atoms with van der Waals surface area (Å²) >= 11 is 0. The van der Waals surface area contributed by atoms with E-state index in [0.717, 1.165) is 32.1 Å². The number of esters is 1. The number of carbonyl (C=O) groups is 1. The maximum absolute atomic E-state index is 12.9. The first-order valence-corrected chi connectivity index (χ1v) is 9.02. The van der Waals surface area contributed by atoms with Gasteiger partial charge in [0.1, 0.15) is 12.7 Å². The van der Waals surface area contributed by atoms with Crippen molar-refractivity contribution in [1.82, 2.24) is 0 Å². The van der Waals surface area contributed by atoms with Crippen LogP contribution in [0.15, 0.2) is 0 Å². The van der Waals surface area contributed by atoms with Crippen LogP contribution in [0.2, 0.25) is 0 Å². The molecule has 1 saturated heterocycles. The van der Waals surface area contributed by atoms with E-state index < -0.39 is 33.7 Å². The maximum Gasteiger partial charge on any atom is 0.465 e. The van der Waals surface area contributed by atoms with Gasteiger partial charge in [-0.15, -0.1) is 0 Å². The van der Waals surface area contributed by atoms with Gasteiger partial charge in [-0.25, -0.2) is 4.79 Å². The molecular formula is C13H20F2O8S. The van der Waals surface area contributed by atoms with Crippen molar-refractivity contribution in [2.45, 2.75) is 49.2 Å². The summed E-state index contributed by atoms with van der Waals surface area (Å²) in [5, 5.41) is -5.00. The number of alkyl halides is 2. The fourth-order valence-electron chi connectivity index (χ4n) is 2.65. The van der Waals surface area contributed by atoms with Crippen LogP contribution in [0.3, 0.4) is 0 Å². The third kappa shape index (κ3) is 4.60. The number of ether oxygens (including phenoxy) is 4. The van der Waals surface area contributed by atoms with E-state index in [0.29, 0.717) is 6.61 Å². The van der Waals surface area contributed by atoms with Crippen LogP contribution in [0.5, 0.6) is 0 Å². The fraction of sp³-hybridized carbons (Fsp3) is 0.923. The highest BCUT2D eigenvalue weighted by molar-refractivity contribution is 7.87. The Bertz CT molecular complexity index is 544. The third-order valence-corrected chi connectivity index (χ3v) is 4.67. The van der Waals surface area contributed by atoms with E-state index in [2.05, 4.69) is 4.74 Å². The van der Waals surface area contributed by atoms with Crippen molar-refractivity contribution >= 4 is 16.1 Å². The van der Waals surface area contributed by atoms with Crippen molar-refractivity contribution in [3.8, 4) is 0 Å². The SMILES string of the molecule is O=C(OCCOCC1COC2(CCCCC2)O1)C(F)(F)S(=O)(=O)O. The Morgan fingerprint density at radius 1 is 1.25 bits per heavy atom. The van der Waals surface area contributed by atoms with E-state index >= 15 is 0 Å². The highest BCUT2D eigenvalue weighted by Crippen LogP contribution is 2.37. The number of halogens is 2. The van der Waals surface area contributed by atoms with Gasteiger partial charge in [-0.3, -0.25) is 4.55 Å². The molecule has 1 aliphatic carbocycles. The van der Waals surface area contributed by atoms with E-state index in [4.69, 9.17) is 18.8 Å². The summed E-state index contributed by atoms with van der Waals surface area (Å²) in [6, 6.07) is 0. The lowest BCUT2D eigenvalue weighted by molar-refractivity contribution is -0.191. The lowest BCUT2D eigenvalue weighted by atomic mass is 9.94. The Balaban J connectivity index is 1.63. The van der Waals surface area contributed by atoms with Crippen molar-refractivity contribution in [2.24, 2.45) is 0 Å². The lowest BCUT2D eigenvalue weighted by Crippen LogP contribution is -2.39. The van der Waals surface area contributed by atoms with Crippen molar-refractivity contribution in [1.29, 1.82) is 0 Å². The quantitative estimate of drug-likeness (QED) is 0.401. The summed E-state index contributed by atoms with van der Waals surface area (Å²) in [5.74, 6) is -2.90. The highest BCUT2D eigenvalue weighted by atomic mass is 32.2. The van der Waals surface area contributed by atoms with Gasteiger partial charge in [-0.1, -0.05) is 6.42 Å². The molecule has 1 spiro atoms. The zero-order chi connectivity index (χ0) is 17.8. The third-order valence-electron chi connectivity index (χ3n) is 3.86. The van der Waals surface area contributed by atoms with Gasteiger partial charge in [0.25, 0.3) is 0 Å².